The van der Waals surface area contributed by atoms with E-state index >= 15 is 0 Å². The van der Waals surface area contributed by atoms with Crippen LogP contribution in [0.4, 0.5) is 0 Å². The molecule has 0 aliphatic rings. The molecule has 0 atom stereocenters. The Morgan fingerprint density at radius 2 is 1.50 bits per heavy atom. The number of rotatable bonds is 0. The van der Waals surface area contributed by atoms with E-state index in [1.807, 2.05) is 0 Å². The molecule has 0 saturated carbocycles. The smallest absolute Gasteiger partial charge is 0.0841 e. The van der Waals surface area contributed by atoms with Gasteiger partial charge >= 0.3 is 0 Å². The summed E-state index contributed by atoms with van der Waals surface area (Å²) in [4.78, 5) is 0. The first kappa shape index (κ1) is 7.09. The van der Waals surface area contributed by atoms with Crippen LogP contribution in [-0.4, -0.2) is 14.0 Å². The average molecular weight is 164 g/mol. The summed E-state index contributed by atoms with van der Waals surface area (Å²) in [6.45, 7) is 0. The van der Waals surface area contributed by atoms with Gasteiger partial charge in [0.05, 0.1) is 0 Å². The van der Waals surface area contributed by atoms with Crippen molar-refractivity contribution in [2.75, 3.05) is 0 Å². The lowest BCUT2D eigenvalue weighted by molar-refractivity contribution is 1.26. The highest BCUT2D eigenvalue weighted by Crippen LogP contribution is 2.28. The summed E-state index contributed by atoms with van der Waals surface area (Å²) in [7, 11) is 0.952. The molecule has 0 spiro atoms. The molecule has 0 saturated heterocycles. The Hall–Kier alpha value is 1.09. The van der Waals surface area contributed by atoms with Crippen molar-refractivity contribution in [2.45, 2.75) is 9.84 Å². The van der Waals surface area contributed by atoms with Crippen molar-refractivity contribution in [3.8, 4) is 0 Å². The van der Waals surface area contributed by atoms with Gasteiger partial charge in [0.2, 0.25) is 0 Å². The summed E-state index contributed by atoms with van der Waals surface area (Å²) in [5, 5.41) is 0. The van der Waals surface area contributed by atoms with Crippen LogP contribution in [0.1, 0.15) is 0 Å². The van der Waals surface area contributed by atoms with Gasteiger partial charge in [0.15, 0.2) is 3.79 Å². The first-order valence-corrected chi connectivity index (χ1v) is 4.18. The highest BCUT2D eigenvalue weighted by atomic mass is 35.6. The predicted molar refractivity (Wildman–Crippen MR) is 35.0 cm³/mol. The Labute approximate surface area is 55.2 Å². The SMILES string of the molecule is [SiH3]CC(Cl)(Cl)Cl. The molecule has 6 heavy (non-hydrogen) atoms. The molecule has 0 amide bonds. The predicted octanol–water partition coefficient (Wildman–Crippen LogP) is 1.14. The van der Waals surface area contributed by atoms with Crippen molar-refractivity contribution < 1.29 is 0 Å². The third kappa shape index (κ3) is 5.09. The fourth-order valence-corrected chi connectivity index (χ4v) is 0. The molecule has 0 aromatic heterocycles. The van der Waals surface area contributed by atoms with E-state index in [4.69, 9.17) is 34.8 Å². The van der Waals surface area contributed by atoms with E-state index in [1.54, 1.807) is 0 Å². The Bertz CT molecular complexity index is 38.5. The first-order valence-electron chi connectivity index (χ1n) is 1.63. The molecule has 4 heteroatoms. The molecule has 0 unspecified atom stereocenters. The van der Waals surface area contributed by atoms with Crippen molar-refractivity contribution in [3.05, 3.63) is 0 Å². The van der Waals surface area contributed by atoms with Gasteiger partial charge in [0, 0.05) is 10.2 Å². The molecule has 0 N–H and O–H groups in total. The molecule has 38 valence electrons. The molecular weight excluding hydrogens is 158 g/mol. The van der Waals surface area contributed by atoms with Crippen molar-refractivity contribution in [1.29, 1.82) is 0 Å². The second-order valence-electron chi connectivity index (χ2n) is 0.969. The van der Waals surface area contributed by atoms with Crippen LogP contribution < -0.4 is 0 Å². The summed E-state index contributed by atoms with van der Waals surface area (Å²) in [6, 6.07) is 0.706. The highest BCUT2D eigenvalue weighted by molar-refractivity contribution is 6.69. The maximum Gasteiger partial charge on any atom is 0.187 e. The van der Waals surface area contributed by atoms with Gasteiger partial charge in [-0.2, -0.15) is 0 Å². The van der Waals surface area contributed by atoms with Crippen LogP contribution in [0.15, 0.2) is 0 Å². The van der Waals surface area contributed by atoms with Crippen LogP contribution in [0, 0.1) is 0 Å². The fourth-order valence-electron chi connectivity index (χ4n) is 0. The summed E-state index contributed by atoms with van der Waals surface area (Å²) < 4.78 is -0.980. The van der Waals surface area contributed by atoms with Crippen LogP contribution in [0.2, 0.25) is 6.04 Å². The molecule has 0 aliphatic carbocycles. The molecular formula is C2H5Cl3Si. The molecule has 0 radical (unpaired) electrons. The molecule has 0 fully saturated rings. The van der Waals surface area contributed by atoms with Gasteiger partial charge in [-0.25, -0.2) is 0 Å². The molecule has 0 bridgehead atoms. The molecule has 0 aromatic carbocycles. The zero-order valence-corrected chi connectivity index (χ0v) is 7.61. The Morgan fingerprint density at radius 3 is 1.50 bits per heavy atom. The van der Waals surface area contributed by atoms with Gasteiger partial charge in [-0.15, -0.1) is 0 Å². The minimum absolute atomic E-state index is 0.706. The van der Waals surface area contributed by atoms with E-state index in [0.29, 0.717) is 6.04 Å². The fraction of sp³-hybridized carbons (Fsp3) is 1.00. The van der Waals surface area contributed by atoms with Gasteiger partial charge < -0.3 is 0 Å². The standard InChI is InChI=1S/C2H5Cl3Si/c3-2(4,5)1-6/h1H2,6H3. The number of halogens is 3. The topological polar surface area (TPSA) is 0 Å². The van der Waals surface area contributed by atoms with Crippen LogP contribution in [0.3, 0.4) is 0 Å². The van der Waals surface area contributed by atoms with E-state index in [-0.39, 0.29) is 0 Å². The van der Waals surface area contributed by atoms with Gasteiger partial charge in [0.25, 0.3) is 0 Å². The van der Waals surface area contributed by atoms with Crippen molar-refractivity contribution in [1.82, 2.24) is 0 Å². The number of hydrogen-bond acceptors (Lipinski definition) is 0. The second kappa shape index (κ2) is 2.41. The first-order chi connectivity index (χ1) is 2.56. The van der Waals surface area contributed by atoms with Crippen LogP contribution in [-0.2, 0) is 0 Å². The highest BCUT2D eigenvalue weighted by Gasteiger charge is 2.14. The van der Waals surface area contributed by atoms with Gasteiger partial charge in [-0.3, -0.25) is 0 Å². The van der Waals surface area contributed by atoms with Crippen LogP contribution in [0.5, 0.6) is 0 Å². The Balaban J connectivity index is 3.17. The van der Waals surface area contributed by atoms with E-state index in [1.165, 1.54) is 0 Å². The Kier molecular flexibility index (Phi) is 2.84. The second-order valence-corrected chi connectivity index (χ2v) is 4.19. The lowest BCUT2D eigenvalue weighted by Gasteiger charge is -2.02. The van der Waals surface area contributed by atoms with Crippen LogP contribution >= 0.6 is 34.8 Å². The van der Waals surface area contributed by atoms with E-state index in [9.17, 15) is 0 Å². The maximum absolute atomic E-state index is 5.28. The monoisotopic (exact) mass is 162 g/mol. The maximum atomic E-state index is 5.28. The van der Waals surface area contributed by atoms with Crippen molar-refractivity contribution in [2.24, 2.45) is 0 Å². The lowest BCUT2D eigenvalue weighted by atomic mass is 10.9. The molecule has 0 aromatic rings. The van der Waals surface area contributed by atoms with E-state index in [0.717, 1.165) is 10.2 Å². The molecule has 0 nitrogen and oxygen atoms in total. The van der Waals surface area contributed by atoms with E-state index < -0.39 is 3.79 Å². The molecule has 0 heterocycles. The van der Waals surface area contributed by atoms with Gasteiger partial charge in [-0.1, -0.05) is 34.8 Å². The quantitative estimate of drug-likeness (QED) is 0.371. The average Bonchev–Trinajstić information content (AvgIpc) is 1.35. The third-order valence-electron chi connectivity index (χ3n) is 0.401. The van der Waals surface area contributed by atoms with Crippen molar-refractivity contribution >= 4 is 45.0 Å². The van der Waals surface area contributed by atoms with Crippen LogP contribution in [0.25, 0.3) is 0 Å². The lowest BCUT2D eigenvalue weighted by Crippen LogP contribution is -1.97. The summed E-state index contributed by atoms with van der Waals surface area (Å²) in [6.07, 6.45) is 0. The number of hydrogen-bond donors (Lipinski definition) is 0. The molecule has 0 aliphatic heterocycles. The van der Waals surface area contributed by atoms with Gasteiger partial charge in [-0.05, 0) is 6.04 Å². The Morgan fingerprint density at radius 1 is 1.33 bits per heavy atom. The zero-order chi connectivity index (χ0) is 5.21. The van der Waals surface area contributed by atoms with E-state index in [2.05, 4.69) is 0 Å². The zero-order valence-electron chi connectivity index (χ0n) is 3.34. The molecule has 0 rings (SSSR count). The third-order valence-corrected chi connectivity index (χ3v) is 3.61. The largest absolute Gasteiger partial charge is 0.187 e. The summed E-state index contributed by atoms with van der Waals surface area (Å²) >= 11 is 15.8. The summed E-state index contributed by atoms with van der Waals surface area (Å²) in [5.41, 5.74) is 0. The minimum atomic E-state index is -0.980. The minimum Gasteiger partial charge on any atom is -0.0841 e. The number of alkyl halides is 3. The van der Waals surface area contributed by atoms with Crippen molar-refractivity contribution in [3.63, 3.8) is 0 Å². The van der Waals surface area contributed by atoms with Gasteiger partial charge in [0.1, 0.15) is 0 Å². The normalized spacial score (nSPS) is 12.5. The summed E-state index contributed by atoms with van der Waals surface area (Å²) in [5.74, 6) is 0.